The number of nitrogens with one attached hydrogen (secondary N) is 2. The average Bonchev–Trinajstić information content (AvgIpc) is 3.07. The first kappa shape index (κ1) is 28.4. The van der Waals surface area contributed by atoms with E-state index in [1.807, 2.05) is 47.4 Å². The quantitative estimate of drug-likeness (QED) is 0.297. The highest BCUT2D eigenvalue weighted by Crippen LogP contribution is 2.48. The van der Waals surface area contributed by atoms with Gasteiger partial charge in [0, 0.05) is 38.0 Å². The fraction of sp³-hybridized carbons (Fsp3) is 0.333. The Morgan fingerprint density at radius 1 is 1.07 bits per heavy atom. The standard InChI is InChI=1S/C33H36FN3O4/c1-33(2)19-26-31(28(38)20-33)32(22-14-15-24(34)29(18-22)41-23-10-5-4-6-11-23)37(21-30(39)35-16-9-17-40-3)27-13-8-7-12-25(27)36-26/h4-8,10-15,18,32,36H,9,16-17,19-21H2,1-3H3,(H,35,39). The van der Waals surface area contributed by atoms with Crippen LogP contribution in [-0.4, -0.2) is 38.5 Å². The molecule has 2 aliphatic rings. The second-order valence-electron chi connectivity index (χ2n) is 11.3. The maximum atomic E-state index is 15.1. The third kappa shape index (κ3) is 6.43. The van der Waals surface area contributed by atoms with E-state index in [4.69, 9.17) is 9.47 Å². The van der Waals surface area contributed by atoms with E-state index in [2.05, 4.69) is 24.5 Å². The molecule has 3 aromatic carbocycles. The lowest BCUT2D eigenvalue weighted by atomic mass is 9.73. The van der Waals surface area contributed by atoms with Crippen LogP contribution in [-0.2, 0) is 14.3 Å². The van der Waals surface area contributed by atoms with E-state index in [-0.39, 0.29) is 29.4 Å². The van der Waals surface area contributed by atoms with Crippen molar-refractivity contribution in [1.82, 2.24) is 5.32 Å². The van der Waals surface area contributed by atoms with E-state index < -0.39 is 11.9 Å². The lowest BCUT2D eigenvalue weighted by molar-refractivity contribution is -0.120. The summed E-state index contributed by atoms with van der Waals surface area (Å²) in [5.74, 6) is -0.149. The Kier molecular flexibility index (Phi) is 8.40. The monoisotopic (exact) mass is 557 g/mol. The van der Waals surface area contributed by atoms with E-state index in [1.165, 1.54) is 6.07 Å². The van der Waals surface area contributed by atoms with Gasteiger partial charge in [-0.3, -0.25) is 9.59 Å². The lowest BCUT2D eigenvalue weighted by Crippen LogP contribution is -2.42. The summed E-state index contributed by atoms with van der Waals surface area (Å²) in [4.78, 5) is 29.1. The van der Waals surface area contributed by atoms with Crippen molar-refractivity contribution in [2.24, 2.45) is 5.41 Å². The summed E-state index contributed by atoms with van der Waals surface area (Å²) in [6.07, 6.45) is 1.71. The molecular weight excluding hydrogens is 521 g/mol. The SMILES string of the molecule is COCCCNC(=O)CN1c2ccccc2NC2=C(C(=O)CC(C)(C)C2)C1c1ccc(F)c(Oc2ccccc2)c1. The Hall–Kier alpha value is -4.17. The van der Waals surface area contributed by atoms with E-state index in [9.17, 15) is 9.59 Å². The van der Waals surface area contributed by atoms with Gasteiger partial charge in [0.25, 0.3) is 0 Å². The third-order valence-electron chi connectivity index (χ3n) is 7.41. The number of halogens is 1. The fourth-order valence-corrected chi connectivity index (χ4v) is 5.61. The zero-order valence-electron chi connectivity index (χ0n) is 23.7. The summed E-state index contributed by atoms with van der Waals surface area (Å²) < 4.78 is 26.1. The molecule has 214 valence electrons. The normalized spacial score (nSPS) is 17.7. The minimum atomic E-state index is -0.645. The van der Waals surface area contributed by atoms with E-state index >= 15 is 4.39 Å². The number of ether oxygens (including phenoxy) is 2. The smallest absolute Gasteiger partial charge is 0.239 e. The number of anilines is 2. The molecule has 1 aliphatic heterocycles. The molecule has 0 fully saturated rings. The minimum Gasteiger partial charge on any atom is -0.454 e. The Balaban J connectivity index is 1.62. The van der Waals surface area contributed by atoms with Gasteiger partial charge in [-0.25, -0.2) is 4.39 Å². The first-order valence-electron chi connectivity index (χ1n) is 13.9. The number of carbonyl (C=O) groups is 2. The second kappa shape index (κ2) is 12.1. The molecule has 1 atom stereocenters. The molecule has 7 nitrogen and oxygen atoms in total. The van der Waals surface area contributed by atoms with Crippen LogP contribution >= 0.6 is 0 Å². The largest absolute Gasteiger partial charge is 0.454 e. The number of nitrogens with zero attached hydrogens (tertiary/aromatic N) is 1. The maximum Gasteiger partial charge on any atom is 0.239 e. The van der Waals surface area contributed by atoms with E-state index in [0.717, 1.165) is 17.1 Å². The topological polar surface area (TPSA) is 79.9 Å². The highest BCUT2D eigenvalue weighted by atomic mass is 19.1. The minimum absolute atomic E-state index is 0.00177. The molecule has 0 saturated carbocycles. The molecular formula is C33H36FN3O4. The summed E-state index contributed by atoms with van der Waals surface area (Å²) in [5, 5.41) is 6.51. The zero-order valence-corrected chi connectivity index (χ0v) is 23.7. The number of Topliss-reactive ketones (excluding diaryl/α,β-unsaturated/α-hetero) is 1. The van der Waals surface area contributed by atoms with E-state index in [1.54, 1.807) is 31.4 Å². The molecule has 41 heavy (non-hydrogen) atoms. The number of hydrogen-bond donors (Lipinski definition) is 2. The molecule has 5 rings (SSSR count). The molecule has 0 saturated heterocycles. The predicted molar refractivity (Wildman–Crippen MR) is 158 cm³/mol. The highest BCUT2D eigenvalue weighted by molar-refractivity contribution is 6.02. The Morgan fingerprint density at radius 2 is 1.83 bits per heavy atom. The number of hydrogen-bond acceptors (Lipinski definition) is 6. The number of methoxy groups -OCH3 is 1. The molecule has 0 radical (unpaired) electrons. The van der Waals surface area contributed by atoms with Gasteiger partial charge >= 0.3 is 0 Å². The van der Waals surface area contributed by atoms with Crippen molar-refractivity contribution < 1.29 is 23.5 Å². The van der Waals surface area contributed by atoms with E-state index in [0.29, 0.717) is 49.3 Å². The number of allylic oxidation sites excluding steroid dienone is 1. The van der Waals surface area contributed by atoms with Crippen LogP contribution in [0.25, 0.3) is 0 Å². The van der Waals surface area contributed by atoms with Gasteiger partial charge in [0.2, 0.25) is 5.91 Å². The van der Waals surface area contributed by atoms with Gasteiger partial charge in [-0.15, -0.1) is 0 Å². The molecule has 1 heterocycles. The van der Waals surface area contributed by atoms with Crippen LogP contribution in [0, 0.1) is 11.2 Å². The van der Waals surface area contributed by atoms with Gasteiger partial charge in [0.05, 0.1) is 24.0 Å². The first-order valence-corrected chi connectivity index (χ1v) is 13.9. The number of fused-ring (bicyclic) bond motifs is 1. The summed E-state index contributed by atoms with van der Waals surface area (Å²) in [7, 11) is 1.62. The van der Waals surface area contributed by atoms with Crippen molar-refractivity contribution in [3.63, 3.8) is 0 Å². The number of amides is 1. The molecule has 0 bridgehead atoms. The van der Waals surface area contributed by atoms with Crippen LogP contribution in [0.1, 0.15) is 44.7 Å². The van der Waals surface area contributed by atoms with Gasteiger partial charge in [-0.1, -0.05) is 50.2 Å². The van der Waals surface area contributed by atoms with Crippen LogP contribution in [0.2, 0.25) is 0 Å². The van der Waals surface area contributed by atoms with Crippen LogP contribution in [0.15, 0.2) is 84.1 Å². The van der Waals surface area contributed by atoms with Crippen LogP contribution in [0.4, 0.5) is 15.8 Å². The molecule has 8 heteroatoms. The van der Waals surface area contributed by atoms with Crippen molar-refractivity contribution in [3.8, 4) is 11.5 Å². The molecule has 1 unspecified atom stereocenters. The van der Waals surface area contributed by atoms with Crippen molar-refractivity contribution in [1.29, 1.82) is 0 Å². The van der Waals surface area contributed by atoms with Crippen molar-refractivity contribution in [2.75, 3.05) is 37.0 Å². The van der Waals surface area contributed by atoms with Crippen LogP contribution < -0.4 is 20.3 Å². The summed E-state index contributed by atoms with van der Waals surface area (Å²) >= 11 is 0. The van der Waals surface area contributed by atoms with Crippen LogP contribution in [0.5, 0.6) is 11.5 Å². The Bertz CT molecular complexity index is 1450. The summed E-state index contributed by atoms with van der Waals surface area (Å²) in [5.41, 5.74) is 3.42. The Labute approximate surface area is 240 Å². The molecule has 0 spiro atoms. The predicted octanol–water partition coefficient (Wildman–Crippen LogP) is 6.39. The number of rotatable bonds is 9. The number of carbonyl (C=O) groups excluding carboxylic acids is 2. The molecule has 3 aromatic rings. The fourth-order valence-electron chi connectivity index (χ4n) is 5.61. The lowest BCUT2D eigenvalue weighted by Gasteiger charge is -2.38. The number of ketones is 1. The average molecular weight is 558 g/mol. The first-order chi connectivity index (χ1) is 19.8. The zero-order chi connectivity index (χ0) is 29.0. The van der Waals surface area contributed by atoms with Gasteiger partial charge in [0.1, 0.15) is 5.75 Å². The molecule has 2 N–H and O–H groups in total. The number of benzene rings is 3. The number of para-hydroxylation sites is 3. The van der Waals surface area contributed by atoms with Gasteiger partial charge in [-0.05, 0) is 60.2 Å². The van der Waals surface area contributed by atoms with Gasteiger partial charge in [-0.2, -0.15) is 0 Å². The van der Waals surface area contributed by atoms with Crippen molar-refractivity contribution in [2.45, 2.75) is 39.2 Å². The Morgan fingerprint density at radius 3 is 2.61 bits per heavy atom. The van der Waals surface area contributed by atoms with Crippen molar-refractivity contribution >= 4 is 23.1 Å². The van der Waals surface area contributed by atoms with Crippen molar-refractivity contribution in [3.05, 3.63) is 95.4 Å². The molecule has 0 aromatic heterocycles. The summed E-state index contributed by atoms with van der Waals surface area (Å²) in [6, 6.07) is 20.8. The van der Waals surface area contributed by atoms with Gasteiger partial charge < -0.3 is 25.0 Å². The summed E-state index contributed by atoms with van der Waals surface area (Å²) in [6.45, 7) is 5.17. The van der Waals surface area contributed by atoms with Gasteiger partial charge in [0.15, 0.2) is 17.3 Å². The molecule has 1 amide bonds. The third-order valence-corrected chi connectivity index (χ3v) is 7.41. The maximum absolute atomic E-state index is 15.1. The highest BCUT2D eigenvalue weighted by Gasteiger charge is 2.42. The second-order valence-corrected chi connectivity index (χ2v) is 11.3. The van der Waals surface area contributed by atoms with Crippen LogP contribution in [0.3, 0.4) is 0 Å². The molecule has 1 aliphatic carbocycles.